The number of nitrogens with two attached hydrogens (primary N) is 2. The molecule has 7 heteroatoms. The van der Waals surface area contributed by atoms with Gasteiger partial charge in [-0.15, -0.1) is 0 Å². The average Bonchev–Trinajstić information content (AvgIpc) is 2.91. The fraction of sp³-hybridized carbons (Fsp3) is 0.643. The topological polar surface area (TPSA) is 96.2 Å². The van der Waals surface area contributed by atoms with Gasteiger partial charge < -0.3 is 20.8 Å². The molecule has 1 saturated carbocycles. The molecule has 4 N–H and O–H groups in total. The standard InChI is InChI=1S/C14H22N4O2S/c1-10-7-18(9-17-10)14(13(16)21)5-3-2-4-11(14)8-20-12(19)6-15/h7,9,11H,2-6,8,15H2,1H3,(H2,16,21). The third-order valence-electron chi connectivity index (χ3n) is 4.25. The number of ether oxygens (including phenoxy) is 1. The lowest BCUT2D eigenvalue weighted by atomic mass is 9.72. The quantitative estimate of drug-likeness (QED) is 0.619. The van der Waals surface area contributed by atoms with Crippen LogP contribution < -0.4 is 11.5 Å². The van der Waals surface area contributed by atoms with Gasteiger partial charge in [-0.3, -0.25) is 4.79 Å². The number of nitrogens with zero attached hydrogens (tertiary/aromatic N) is 2. The summed E-state index contributed by atoms with van der Waals surface area (Å²) in [5, 5.41) is 0. The monoisotopic (exact) mass is 310 g/mol. The zero-order valence-electron chi connectivity index (χ0n) is 12.2. The summed E-state index contributed by atoms with van der Waals surface area (Å²) in [6.07, 6.45) is 7.56. The Kier molecular flexibility index (Phi) is 4.95. The van der Waals surface area contributed by atoms with Gasteiger partial charge in [0, 0.05) is 12.1 Å². The third kappa shape index (κ3) is 3.08. The lowest BCUT2D eigenvalue weighted by Gasteiger charge is -2.44. The first-order valence-electron chi connectivity index (χ1n) is 7.17. The minimum Gasteiger partial charge on any atom is -0.464 e. The van der Waals surface area contributed by atoms with E-state index in [-0.39, 0.29) is 19.1 Å². The highest BCUT2D eigenvalue weighted by Gasteiger charge is 2.45. The van der Waals surface area contributed by atoms with Crippen molar-refractivity contribution in [1.82, 2.24) is 9.55 Å². The molecule has 21 heavy (non-hydrogen) atoms. The molecule has 116 valence electrons. The van der Waals surface area contributed by atoms with E-state index in [1.807, 2.05) is 17.7 Å². The summed E-state index contributed by atoms with van der Waals surface area (Å²) in [6, 6.07) is 0. The molecular weight excluding hydrogens is 288 g/mol. The number of aryl methyl sites for hydroxylation is 1. The van der Waals surface area contributed by atoms with Crippen LogP contribution in [-0.2, 0) is 15.1 Å². The number of rotatable bonds is 5. The van der Waals surface area contributed by atoms with Gasteiger partial charge in [0.2, 0.25) is 0 Å². The maximum absolute atomic E-state index is 11.3. The Hall–Kier alpha value is -1.47. The van der Waals surface area contributed by atoms with E-state index >= 15 is 0 Å². The van der Waals surface area contributed by atoms with Crippen LogP contribution in [0.3, 0.4) is 0 Å². The molecule has 1 fully saturated rings. The van der Waals surface area contributed by atoms with Crippen LogP contribution in [-0.4, -0.2) is 33.7 Å². The first-order chi connectivity index (χ1) is 10.0. The zero-order chi connectivity index (χ0) is 15.5. The smallest absolute Gasteiger partial charge is 0.319 e. The number of thiocarbonyl (C=S) groups is 1. The molecule has 1 aromatic rings. The van der Waals surface area contributed by atoms with Crippen LogP contribution in [0, 0.1) is 12.8 Å². The van der Waals surface area contributed by atoms with E-state index in [1.54, 1.807) is 6.33 Å². The highest BCUT2D eigenvalue weighted by molar-refractivity contribution is 7.80. The lowest BCUT2D eigenvalue weighted by Crippen LogP contribution is -2.53. The maximum Gasteiger partial charge on any atom is 0.319 e. The summed E-state index contributed by atoms with van der Waals surface area (Å²) >= 11 is 5.37. The summed E-state index contributed by atoms with van der Waals surface area (Å²) in [7, 11) is 0. The molecule has 6 nitrogen and oxygen atoms in total. The van der Waals surface area contributed by atoms with Crippen molar-refractivity contribution < 1.29 is 9.53 Å². The first kappa shape index (κ1) is 15.9. The molecule has 0 aliphatic heterocycles. The second kappa shape index (κ2) is 6.53. The van der Waals surface area contributed by atoms with E-state index in [0.29, 0.717) is 4.99 Å². The van der Waals surface area contributed by atoms with Crippen LogP contribution in [0.25, 0.3) is 0 Å². The van der Waals surface area contributed by atoms with Crippen molar-refractivity contribution >= 4 is 23.2 Å². The number of hydrogen-bond acceptors (Lipinski definition) is 5. The average molecular weight is 310 g/mol. The van der Waals surface area contributed by atoms with Crippen molar-refractivity contribution in [3.05, 3.63) is 18.2 Å². The van der Waals surface area contributed by atoms with Crippen molar-refractivity contribution in [2.45, 2.75) is 38.1 Å². The van der Waals surface area contributed by atoms with Crippen LogP contribution in [0.15, 0.2) is 12.5 Å². The number of carbonyl (C=O) groups excluding carboxylic acids is 1. The minimum atomic E-state index is -0.510. The van der Waals surface area contributed by atoms with Crippen LogP contribution in [0.2, 0.25) is 0 Å². The Labute approximate surface area is 129 Å². The Morgan fingerprint density at radius 3 is 2.95 bits per heavy atom. The SMILES string of the molecule is Cc1cn(C2(C(N)=S)CCCCC2COC(=O)CN)cn1. The van der Waals surface area contributed by atoms with Gasteiger partial charge in [0.15, 0.2) is 0 Å². The maximum atomic E-state index is 11.3. The minimum absolute atomic E-state index is 0.0489. The van der Waals surface area contributed by atoms with E-state index in [0.717, 1.165) is 31.4 Å². The molecule has 0 amide bonds. The Bertz CT molecular complexity index is 531. The van der Waals surface area contributed by atoms with Crippen molar-refractivity contribution in [1.29, 1.82) is 0 Å². The molecule has 1 aliphatic carbocycles. The highest BCUT2D eigenvalue weighted by Crippen LogP contribution is 2.40. The number of hydrogen-bond donors (Lipinski definition) is 2. The second-order valence-corrected chi connectivity index (χ2v) is 5.98. The summed E-state index contributed by atoms with van der Waals surface area (Å²) in [5.41, 5.74) is 11.8. The van der Waals surface area contributed by atoms with Gasteiger partial charge in [-0.05, 0) is 19.8 Å². The van der Waals surface area contributed by atoms with E-state index in [1.165, 1.54) is 0 Å². The summed E-state index contributed by atoms with van der Waals surface area (Å²) in [6.45, 7) is 2.09. The molecule has 2 unspecified atom stereocenters. The van der Waals surface area contributed by atoms with E-state index < -0.39 is 11.5 Å². The second-order valence-electron chi connectivity index (χ2n) is 5.54. The van der Waals surface area contributed by atoms with Crippen LogP contribution in [0.5, 0.6) is 0 Å². The van der Waals surface area contributed by atoms with Gasteiger partial charge in [-0.2, -0.15) is 0 Å². The fourth-order valence-electron chi connectivity index (χ4n) is 3.13. The predicted molar refractivity (Wildman–Crippen MR) is 83.7 cm³/mol. The molecule has 1 aliphatic rings. The molecule has 2 atom stereocenters. The van der Waals surface area contributed by atoms with Gasteiger partial charge in [-0.1, -0.05) is 25.1 Å². The van der Waals surface area contributed by atoms with Gasteiger partial charge in [0.25, 0.3) is 0 Å². The van der Waals surface area contributed by atoms with Crippen molar-refractivity contribution in [2.75, 3.05) is 13.2 Å². The first-order valence-corrected chi connectivity index (χ1v) is 7.58. The molecule has 1 aromatic heterocycles. The predicted octanol–water partition coefficient (Wildman–Crippen LogP) is 0.865. The molecule has 0 saturated heterocycles. The van der Waals surface area contributed by atoms with Gasteiger partial charge in [-0.25, -0.2) is 4.98 Å². The molecule has 0 spiro atoms. The Morgan fingerprint density at radius 1 is 1.62 bits per heavy atom. The van der Waals surface area contributed by atoms with Crippen molar-refractivity contribution in [3.8, 4) is 0 Å². The number of aromatic nitrogens is 2. The largest absolute Gasteiger partial charge is 0.464 e. The van der Waals surface area contributed by atoms with Crippen LogP contribution in [0.4, 0.5) is 0 Å². The van der Waals surface area contributed by atoms with Gasteiger partial charge >= 0.3 is 5.97 Å². The molecule has 0 bridgehead atoms. The summed E-state index contributed by atoms with van der Waals surface area (Å²) < 4.78 is 7.24. The number of carbonyl (C=O) groups is 1. The summed E-state index contributed by atoms with van der Waals surface area (Å²) in [4.78, 5) is 16.1. The molecule has 1 heterocycles. The van der Waals surface area contributed by atoms with Crippen molar-refractivity contribution in [3.63, 3.8) is 0 Å². The normalized spacial score (nSPS) is 25.5. The van der Waals surface area contributed by atoms with Gasteiger partial charge in [0.05, 0.1) is 30.2 Å². The molecule has 0 aromatic carbocycles. The number of esters is 1. The zero-order valence-corrected chi connectivity index (χ0v) is 13.1. The fourth-order valence-corrected chi connectivity index (χ4v) is 3.51. The van der Waals surface area contributed by atoms with Gasteiger partial charge in [0.1, 0.15) is 5.54 Å². The van der Waals surface area contributed by atoms with Crippen LogP contribution in [0.1, 0.15) is 31.4 Å². The van der Waals surface area contributed by atoms with Crippen LogP contribution >= 0.6 is 12.2 Å². The Balaban J connectivity index is 2.30. The van der Waals surface area contributed by atoms with E-state index in [4.69, 9.17) is 28.4 Å². The molecule has 0 radical (unpaired) electrons. The Morgan fingerprint density at radius 2 is 2.38 bits per heavy atom. The highest BCUT2D eigenvalue weighted by atomic mass is 32.1. The lowest BCUT2D eigenvalue weighted by molar-refractivity contribution is -0.144. The molecular formula is C14H22N4O2S. The molecule has 2 rings (SSSR count). The van der Waals surface area contributed by atoms with Crippen molar-refractivity contribution in [2.24, 2.45) is 17.4 Å². The summed E-state index contributed by atoms with van der Waals surface area (Å²) in [5.74, 6) is -0.355. The third-order valence-corrected chi connectivity index (χ3v) is 4.60. The van der Waals surface area contributed by atoms with E-state index in [9.17, 15) is 4.79 Å². The van der Waals surface area contributed by atoms with E-state index in [2.05, 4.69) is 4.98 Å². The number of imidazole rings is 1.